The highest BCUT2D eigenvalue weighted by Crippen LogP contribution is 2.37. The minimum atomic E-state index is 0.565. The van der Waals surface area contributed by atoms with Gasteiger partial charge in [-0.15, -0.1) is 0 Å². The standard InChI is InChI=1S/C17H19ClN2/c1-3-15-19-16(11(2)17(18)20-15)14-9-7-13(8-10-14)12-5-4-6-12/h7-10,12H,3-6H2,1-2H3. The Kier molecular flexibility index (Phi) is 3.75. The maximum Gasteiger partial charge on any atom is 0.136 e. The Morgan fingerprint density at radius 1 is 1.15 bits per heavy atom. The molecule has 1 saturated carbocycles. The topological polar surface area (TPSA) is 25.8 Å². The highest BCUT2D eigenvalue weighted by Gasteiger charge is 2.19. The number of benzene rings is 1. The van der Waals surface area contributed by atoms with Crippen LogP contribution in [0.1, 0.15) is 49.1 Å². The summed E-state index contributed by atoms with van der Waals surface area (Å²) in [4.78, 5) is 8.93. The van der Waals surface area contributed by atoms with Gasteiger partial charge in [0.05, 0.1) is 5.69 Å². The lowest BCUT2D eigenvalue weighted by molar-refractivity contribution is 0.420. The molecule has 0 amide bonds. The van der Waals surface area contributed by atoms with Crippen molar-refractivity contribution in [2.45, 2.75) is 45.4 Å². The van der Waals surface area contributed by atoms with Gasteiger partial charge in [-0.3, -0.25) is 0 Å². The number of rotatable bonds is 3. The molecular weight excluding hydrogens is 268 g/mol. The maximum absolute atomic E-state index is 6.21. The lowest BCUT2D eigenvalue weighted by Crippen LogP contribution is -2.08. The second-order valence-electron chi connectivity index (χ2n) is 5.51. The largest absolute Gasteiger partial charge is 0.233 e. The quantitative estimate of drug-likeness (QED) is 0.747. The molecule has 104 valence electrons. The fraction of sp³-hybridized carbons (Fsp3) is 0.412. The van der Waals surface area contributed by atoms with E-state index < -0.39 is 0 Å². The van der Waals surface area contributed by atoms with E-state index >= 15 is 0 Å². The molecule has 1 aliphatic carbocycles. The van der Waals surface area contributed by atoms with Crippen molar-refractivity contribution in [3.8, 4) is 11.3 Å². The molecule has 3 heteroatoms. The zero-order valence-corrected chi connectivity index (χ0v) is 12.7. The minimum absolute atomic E-state index is 0.565. The molecule has 1 heterocycles. The molecule has 0 atom stereocenters. The molecule has 2 nitrogen and oxygen atoms in total. The number of hydrogen-bond donors (Lipinski definition) is 0. The van der Waals surface area contributed by atoms with Gasteiger partial charge in [-0.1, -0.05) is 49.2 Å². The zero-order valence-electron chi connectivity index (χ0n) is 12.0. The lowest BCUT2D eigenvalue weighted by Gasteiger charge is -2.25. The van der Waals surface area contributed by atoms with Gasteiger partial charge in [0.15, 0.2) is 0 Å². The van der Waals surface area contributed by atoms with E-state index in [-0.39, 0.29) is 0 Å². The lowest BCUT2D eigenvalue weighted by atomic mass is 9.80. The first-order chi connectivity index (χ1) is 9.69. The van der Waals surface area contributed by atoms with Crippen molar-refractivity contribution in [3.63, 3.8) is 0 Å². The van der Waals surface area contributed by atoms with Crippen molar-refractivity contribution in [1.82, 2.24) is 9.97 Å². The first-order valence-electron chi connectivity index (χ1n) is 7.32. The summed E-state index contributed by atoms with van der Waals surface area (Å²) in [5, 5.41) is 0.565. The Morgan fingerprint density at radius 3 is 2.40 bits per heavy atom. The third kappa shape index (κ3) is 2.45. The first kappa shape index (κ1) is 13.6. The van der Waals surface area contributed by atoms with Crippen LogP contribution in [0.4, 0.5) is 0 Å². The molecule has 0 saturated heterocycles. The molecule has 20 heavy (non-hydrogen) atoms. The summed E-state index contributed by atoms with van der Waals surface area (Å²) in [5.41, 5.74) is 4.50. The second kappa shape index (κ2) is 5.53. The van der Waals surface area contributed by atoms with Crippen LogP contribution >= 0.6 is 11.6 Å². The molecule has 0 bridgehead atoms. The summed E-state index contributed by atoms with van der Waals surface area (Å²) in [6, 6.07) is 8.80. The van der Waals surface area contributed by atoms with Crippen LogP contribution in [0.5, 0.6) is 0 Å². The zero-order chi connectivity index (χ0) is 14.1. The van der Waals surface area contributed by atoms with Crippen molar-refractivity contribution < 1.29 is 0 Å². The number of nitrogens with zero attached hydrogens (tertiary/aromatic N) is 2. The Bertz CT molecular complexity index is 616. The molecule has 0 unspecified atom stereocenters. The van der Waals surface area contributed by atoms with Gasteiger partial charge < -0.3 is 0 Å². The predicted octanol–water partition coefficient (Wildman–Crippen LogP) is 4.94. The molecule has 0 radical (unpaired) electrons. The molecule has 1 aromatic heterocycles. The molecule has 0 spiro atoms. The Balaban J connectivity index is 1.97. The van der Waals surface area contributed by atoms with Crippen LogP contribution in [0.25, 0.3) is 11.3 Å². The average molecular weight is 287 g/mol. The van der Waals surface area contributed by atoms with E-state index in [1.807, 2.05) is 13.8 Å². The van der Waals surface area contributed by atoms with Crippen LogP contribution in [0.2, 0.25) is 5.15 Å². The Hall–Kier alpha value is -1.41. The third-order valence-electron chi connectivity index (χ3n) is 4.21. The maximum atomic E-state index is 6.21. The molecular formula is C17H19ClN2. The molecule has 3 rings (SSSR count). The van der Waals surface area contributed by atoms with Gasteiger partial charge in [0.2, 0.25) is 0 Å². The van der Waals surface area contributed by atoms with Gasteiger partial charge in [-0.2, -0.15) is 0 Å². The minimum Gasteiger partial charge on any atom is -0.233 e. The molecule has 0 N–H and O–H groups in total. The predicted molar refractivity (Wildman–Crippen MR) is 83.2 cm³/mol. The normalized spacial score (nSPS) is 15.2. The van der Waals surface area contributed by atoms with Crippen LogP contribution in [0.15, 0.2) is 24.3 Å². The van der Waals surface area contributed by atoms with Crippen LogP contribution in [0, 0.1) is 6.92 Å². The molecule has 1 aliphatic rings. The fourth-order valence-corrected chi connectivity index (χ4v) is 2.81. The van der Waals surface area contributed by atoms with Gasteiger partial charge in [0, 0.05) is 17.5 Å². The molecule has 0 aliphatic heterocycles. The van der Waals surface area contributed by atoms with Crippen molar-refractivity contribution in [3.05, 3.63) is 46.4 Å². The number of halogens is 1. The van der Waals surface area contributed by atoms with E-state index in [1.165, 1.54) is 24.8 Å². The Morgan fingerprint density at radius 2 is 1.85 bits per heavy atom. The van der Waals surface area contributed by atoms with Gasteiger partial charge in [0.25, 0.3) is 0 Å². The Labute approximate surface area is 125 Å². The van der Waals surface area contributed by atoms with Crippen molar-refractivity contribution in [1.29, 1.82) is 0 Å². The summed E-state index contributed by atoms with van der Waals surface area (Å²) in [6.45, 7) is 4.03. The summed E-state index contributed by atoms with van der Waals surface area (Å²) in [6.07, 6.45) is 4.83. The highest BCUT2D eigenvalue weighted by atomic mass is 35.5. The summed E-state index contributed by atoms with van der Waals surface area (Å²) in [7, 11) is 0. The van der Waals surface area contributed by atoms with Gasteiger partial charge in [0.1, 0.15) is 11.0 Å². The van der Waals surface area contributed by atoms with Gasteiger partial charge in [-0.05, 0) is 31.2 Å². The van der Waals surface area contributed by atoms with Gasteiger partial charge in [-0.25, -0.2) is 9.97 Å². The van der Waals surface area contributed by atoms with Crippen LogP contribution in [-0.4, -0.2) is 9.97 Å². The monoisotopic (exact) mass is 286 g/mol. The third-order valence-corrected chi connectivity index (χ3v) is 4.58. The van der Waals surface area contributed by atoms with Crippen molar-refractivity contribution in [2.24, 2.45) is 0 Å². The number of hydrogen-bond acceptors (Lipinski definition) is 2. The fourth-order valence-electron chi connectivity index (χ4n) is 2.63. The summed E-state index contributed by atoms with van der Waals surface area (Å²) < 4.78 is 0. The van der Waals surface area contributed by atoms with Crippen LogP contribution < -0.4 is 0 Å². The molecule has 2 aromatic rings. The van der Waals surface area contributed by atoms with Crippen LogP contribution in [-0.2, 0) is 6.42 Å². The average Bonchev–Trinajstić information content (AvgIpc) is 2.41. The molecule has 1 aromatic carbocycles. The van der Waals surface area contributed by atoms with Crippen LogP contribution in [0.3, 0.4) is 0 Å². The number of aryl methyl sites for hydroxylation is 1. The van der Waals surface area contributed by atoms with Gasteiger partial charge >= 0.3 is 0 Å². The van der Waals surface area contributed by atoms with E-state index in [9.17, 15) is 0 Å². The summed E-state index contributed by atoms with van der Waals surface area (Å²) >= 11 is 6.21. The SMILES string of the molecule is CCc1nc(Cl)c(C)c(-c2ccc(C3CCC3)cc2)n1. The number of aromatic nitrogens is 2. The van der Waals surface area contributed by atoms with E-state index in [0.29, 0.717) is 5.15 Å². The van der Waals surface area contributed by atoms with Crippen molar-refractivity contribution >= 4 is 11.6 Å². The smallest absolute Gasteiger partial charge is 0.136 e. The van der Waals surface area contributed by atoms with E-state index in [0.717, 1.165) is 35.0 Å². The van der Waals surface area contributed by atoms with E-state index in [4.69, 9.17) is 11.6 Å². The second-order valence-corrected chi connectivity index (χ2v) is 5.87. The first-order valence-corrected chi connectivity index (χ1v) is 7.70. The molecule has 1 fully saturated rings. The van der Waals surface area contributed by atoms with Crippen molar-refractivity contribution in [2.75, 3.05) is 0 Å². The van der Waals surface area contributed by atoms with E-state index in [2.05, 4.69) is 34.2 Å². The highest BCUT2D eigenvalue weighted by molar-refractivity contribution is 6.30. The van der Waals surface area contributed by atoms with E-state index in [1.54, 1.807) is 0 Å². The summed E-state index contributed by atoms with van der Waals surface area (Å²) in [5.74, 6) is 1.57.